The van der Waals surface area contributed by atoms with Gasteiger partial charge in [0.25, 0.3) is 0 Å². The molecule has 2 aromatic rings. The van der Waals surface area contributed by atoms with E-state index >= 15 is 0 Å². The van der Waals surface area contributed by atoms with Crippen LogP contribution < -0.4 is 0 Å². The molecular weight excluding hydrogens is 346 g/mol. The van der Waals surface area contributed by atoms with Crippen molar-refractivity contribution >= 4 is 29.8 Å². The van der Waals surface area contributed by atoms with E-state index in [9.17, 15) is 13.6 Å². The summed E-state index contributed by atoms with van der Waals surface area (Å²) in [5, 5.41) is 8.91. The first-order valence-electron chi connectivity index (χ1n) is 6.93. The minimum Gasteiger partial charge on any atom is -0.481 e. The van der Waals surface area contributed by atoms with Crippen LogP contribution in [-0.2, 0) is 31.2 Å². The largest absolute Gasteiger partial charge is 0.481 e. The number of rotatable bonds is 3. The Morgan fingerprint density at radius 3 is 2.83 bits per heavy atom. The van der Waals surface area contributed by atoms with Gasteiger partial charge in [-0.2, -0.15) is 0 Å². The Bertz CT molecular complexity index is 875. The maximum Gasteiger partial charge on any atom is 0.309 e. The number of benzene rings is 1. The van der Waals surface area contributed by atoms with Crippen molar-refractivity contribution in [2.24, 2.45) is 7.05 Å². The highest BCUT2D eigenvalue weighted by molar-refractivity contribution is 7.71. The second-order valence-corrected chi connectivity index (χ2v) is 6.35. The Hall–Kier alpha value is -1.73. The predicted molar refractivity (Wildman–Crippen MR) is 83.4 cm³/mol. The van der Waals surface area contributed by atoms with Gasteiger partial charge in [-0.15, -0.1) is 0 Å². The molecule has 3 rings (SSSR count). The van der Waals surface area contributed by atoms with Crippen molar-refractivity contribution in [3.05, 3.63) is 50.5 Å². The number of nitrogens with zero attached hydrogens (tertiary/aromatic N) is 2. The first-order chi connectivity index (χ1) is 10.8. The van der Waals surface area contributed by atoms with Gasteiger partial charge in [0.15, 0.2) is 4.77 Å². The van der Waals surface area contributed by atoms with E-state index in [0.717, 1.165) is 6.07 Å². The summed E-state index contributed by atoms with van der Waals surface area (Å²) < 4.78 is 32.1. The van der Waals surface area contributed by atoms with Crippen molar-refractivity contribution in [1.29, 1.82) is 0 Å². The zero-order chi connectivity index (χ0) is 16.9. The monoisotopic (exact) mass is 358 g/mol. The molecule has 1 aliphatic heterocycles. The Morgan fingerprint density at radius 2 is 2.17 bits per heavy atom. The lowest BCUT2D eigenvalue weighted by Crippen LogP contribution is -2.11. The zero-order valence-electron chi connectivity index (χ0n) is 12.1. The van der Waals surface area contributed by atoms with E-state index in [0.29, 0.717) is 29.1 Å². The highest BCUT2D eigenvalue weighted by Crippen LogP contribution is 2.37. The number of fused-ring (bicyclic) bond motifs is 1. The second-order valence-electron chi connectivity index (χ2n) is 5.57. The fourth-order valence-corrected chi connectivity index (χ4v) is 3.63. The molecule has 0 aliphatic carbocycles. The van der Waals surface area contributed by atoms with Gasteiger partial charge in [-0.3, -0.25) is 4.79 Å². The molecule has 23 heavy (non-hydrogen) atoms. The minimum absolute atomic E-state index is 0.0699. The van der Waals surface area contributed by atoms with E-state index in [1.807, 2.05) is 0 Å². The first-order valence-corrected chi connectivity index (χ1v) is 7.72. The van der Waals surface area contributed by atoms with Crippen molar-refractivity contribution in [1.82, 2.24) is 9.13 Å². The highest BCUT2D eigenvalue weighted by atomic mass is 35.5. The van der Waals surface area contributed by atoms with Gasteiger partial charge >= 0.3 is 5.97 Å². The molecule has 1 aromatic carbocycles. The van der Waals surface area contributed by atoms with Crippen LogP contribution in [0.25, 0.3) is 0 Å². The van der Waals surface area contributed by atoms with Crippen molar-refractivity contribution in [3.63, 3.8) is 0 Å². The summed E-state index contributed by atoms with van der Waals surface area (Å²) in [5.74, 6) is -2.86. The smallest absolute Gasteiger partial charge is 0.309 e. The molecule has 1 N–H and O–H groups in total. The van der Waals surface area contributed by atoms with E-state index in [4.69, 9.17) is 28.9 Å². The van der Waals surface area contributed by atoms with Gasteiger partial charge < -0.3 is 14.2 Å². The van der Waals surface area contributed by atoms with Crippen LogP contribution in [0, 0.1) is 16.4 Å². The van der Waals surface area contributed by atoms with E-state index in [2.05, 4.69) is 0 Å². The molecule has 0 fully saturated rings. The molecule has 0 radical (unpaired) electrons. The van der Waals surface area contributed by atoms with Crippen LogP contribution in [-0.4, -0.2) is 20.2 Å². The summed E-state index contributed by atoms with van der Waals surface area (Å²) in [6, 6.07) is 2.32. The Kier molecular flexibility index (Phi) is 4.01. The summed E-state index contributed by atoms with van der Waals surface area (Å²) >= 11 is 11.1. The van der Waals surface area contributed by atoms with Crippen molar-refractivity contribution in [3.8, 4) is 0 Å². The lowest BCUT2D eigenvalue weighted by Gasteiger charge is -2.13. The fourth-order valence-electron chi connectivity index (χ4n) is 3.17. The van der Waals surface area contributed by atoms with Gasteiger partial charge in [0.1, 0.15) is 11.6 Å². The first kappa shape index (κ1) is 16.1. The number of carboxylic acids is 1. The molecule has 0 spiro atoms. The van der Waals surface area contributed by atoms with Crippen LogP contribution in [0.2, 0.25) is 5.02 Å². The maximum atomic E-state index is 14.2. The number of hydrogen-bond acceptors (Lipinski definition) is 2. The van der Waals surface area contributed by atoms with E-state index in [1.165, 1.54) is 6.07 Å². The number of imidazole rings is 1. The summed E-state index contributed by atoms with van der Waals surface area (Å²) in [6.07, 6.45) is 0.136. The third-order valence-electron chi connectivity index (χ3n) is 4.23. The highest BCUT2D eigenvalue weighted by Gasteiger charge is 2.32. The quantitative estimate of drug-likeness (QED) is 0.675. The predicted octanol–water partition coefficient (Wildman–Crippen LogP) is 3.45. The van der Waals surface area contributed by atoms with Gasteiger partial charge in [-0.1, -0.05) is 11.6 Å². The van der Waals surface area contributed by atoms with Crippen molar-refractivity contribution in [2.45, 2.75) is 25.3 Å². The maximum absolute atomic E-state index is 14.2. The standard InChI is InChI=1S/C15H13ClF2N2O2S/c1-19-10(5-12(21)22)11-4-7(6-20(11)15(19)23)13-9(17)3-2-8(16)14(13)18/h2-3,7H,4-6H2,1H3,(H,21,22)/t7-/m1/s1. The van der Waals surface area contributed by atoms with Gasteiger partial charge in [0.2, 0.25) is 0 Å². The third-order valence-corrected chi connectivity index (χ3v) is 5.02. The van der Waals surface area contributed by atoms with E-state index in [-0.39, 0.29) is 17.0 Å². The molecule has 1 aliphatic rings. The molecule has 0 bridgehead atoms. The van der Waals surface area contributed by atoms with Crippen LogP contribution in [0.5, 0.6) is 0 Å². The second kappa shape index (κ2) is 5.72. The van der Waals surface area contributed by atoms with Gasteiger partial charge in [-0.05, 0) is 30.8 Å². The summed E-state index contributed by atoms with van der Waals surface area (Å²) in [6.45, 7) is 0.301. The van der Waals surface area contributed by atoms with Crippen molar-refractivity contribution in [2.75, 3.05) is 0 Å². The van der Waals surface area contributed by atoms with Crippen LogP contribution in [0.4, 0.5) is 8.78 Å². The third kappa shape index (κ3) is 2.57. The average Bonchev–Trinajstić information content (AvgIpc) is 2.99. The van der Waals surface area contributed by atoms with Crippen molar-refractivity contribution < 1.29 is 18.7 Å². The number of carbonyl (C=O) groups is 1. The number of aromatic nitrogens is 2. The topological polar surface area (TPSA) is 47.2 Å². The van der Waals surface area contributed by atoms with Crippen LogP contribution in [0.15, 0.2) is 12.1 Å². The number of carboxylic acid groups (broad SMARTS) is 1. The normalized spacial score (nSPS) is 16.6. The number of aliphatic carboxylic acids is 1. The number of halogens is 3. The molecule has 8 heteroatoms. The molecule has 1 atom stereocenters. The summed E-state index contributed by atoms with van der Waals surface area (Å²) in [5.41, 5.74) is 1.20. The molecule has 0 unspecified atom stereocenters. The molecule has 2 heterocycles. The molecular formula is C15H13ClF2N2O2S. The molecule has 0 saturated carbocycles. The molecule has 4 nitrogen and oxygen atoms in total. The van der Waals surface area contributed by atoms with Crippen LogP contribution >= 0.6 is 23.8 Å². The zero-order valence-corrected chi connectivity index (χ0v) is 13.7. The lowest BCUT2D eigenvalue weighted by atomic mass is 9.95. The summed E-state index contributed by atoms with van der Waals surface area (Å²) in [7, 11) is 1.70. The fraction of sp³-hybridized carbons (Fsp3) is 0.333. The van der Waals surface area contributed by atoms with Gasteiger partial charge in [0.05, 0.1) is 17.1 Å². The molecule has 0 amide bonds. The SMILES string of the molecule is Cn1c(CC(=O)O)c2n(c1=S)C[C@H](c1c(F)ccc(Cl)c1F)C2. The van der Waals surface area contributed by atoms with Gasteiger partial charge in [-0.25, -0.2) is 8.78 Å². The van der Waals surface area contributed by atoms with E-state index in [1.54, 1.807) is 16.2 Å². The molecule has 0 saturated heterocycles. The minimum atomic E-state index is -0.979. The Balaban J connectivity index is 2.05. The van der Waals surface area contributed by atoms with Crippen LogP contribution in [0.3, 0.4) is 0 Å². The summed E-state index contributed by atoms with van der Waals surface area (Å²) in [4.78, 5) is 11.0. The number of hydrogen-bond donors (Lipinski definition) is 1. The Labute approximate surface area is 140 Å². The van der Waals surface area contributed by atoms with Crippen LogP contribution in [0.1, 0.15) is 22.9 Å². The molecule has 1 aromatic heterocycles. The average molecular weight is 359 g/mol. The van der Waals surface area contributed by atoms with Gasteiger partial charge in [0, 0.05) is 30.8 Å². The molecule has 122 valence electrons. The van der Waals surface area contributed by atoms with E-state index < -0.39 is 23.5 Å². The Morgan fingerprint density at radius 1 is 1.48 bits per heavy atom. The lowest BCUT2D eigenvalue weighted by molar-refractivity contribution is -0.136.